The van der Waals surface area contributed by atoms with E-state index in [-0.39, 0.29) is 11.4 Å². The Morgan fingerprint density at radius 2 is 2.00 bits per heavy atom. The van der Waals surface area contributed by atoms with Crippen molar-refractivity contribution in [2.45, 2.75) is 0 Å². The van der Waals surface area contributed by atoms with Crippen molar-refractivity contribution >= 4 is 41.0 Å². The maximum Gasteiger partial charge on any atom is 0.317 e. The van der Waals surface area contributed by atoms with Crippen LogP contribution in [0.4, 0.5) is 10.6 Å². The number of hydrogen-bond acceptors (Lipinski definition) is 3. The SMILES string of the molecule is NC(=O)Nc1[nH]c(-c2cc(Cl)ccc2OCCCl)cc1C(N)=O. The van der Waals surface area contributed by atoms with Gasteiger partial charge in [-0.1, -0.05) is 11.6 Å². The largest absolute Gasteiger partial charge is 0.492 e. The topological polar surface area (TPSA) is 123 Å². The van der Waals surface area contributed by atoms with Crippen LogP contribution in [0.15, 0.2) is 24.3 Å². The number of nitrogens with two attached hydrogens (primary N) is 2. The first-order chi connectivity index (χ1) is 10.9. The van der Waals surface area contributed by atoms with E-state index in [4.69, 9.17) is 39.4 Å². The number of urea groups is 1. The number of primary amides is 2. The van der Waals surface area contributed by atoms with Crippen molar-refractivity contribution < 1.29 is 14.3 Å². The Morgan fingerprint density at radius 1 is 1.26 bits per heavy atom. The van der Waals surface area contributed by atoms with Gasteiger partial charge in [0.2, 0.25) is 0 Å². The predicted octanol–water partition coefficient (Wildman–Crippen LogP) is 2.54. The summed E-state index contributed by atoms with van der Waals surface area (Å²) in [5.41, 5.74) is 11.5. The van der Waals surface area contributed by atoms with Crippen LogP contribution in [0.5, 0.6) is 5.75 Å². The Morgan fingerprint density at radius 3 is 2.61 bits per heavy atom. The molecule has 7 nitrogen and oxygen atoms in total. The number of aromatic nitrogens is 1. The summed E-state index contributed by atoms with van der Waals surface area (Å²) in [6, 6.07) is 5.64. The molecule has 0 radical (unpaired) electrons. The van der Waals surface area contributed by atoms with Gasteiger partial charge in [-0.25, -0.2) is 4.79 Å². The van der Waals surface area contributed by atoms with Gasteiger partial charge in [0.05, 0.1) is 17.1 Å². The van der Waals surface area contributed by atoms with Crippen molar-refractivity contribution in [3.05, 3.63) is 34.9 Å². The number of amides is 3. The second-order valence-corrected chi connectivity index (χ2v) is 5.32. The quantitative estimate of drug-likeness (QED) is 0.594. The lowest BCUT2D eigenvalue weighted by atomic mass is 10.1. The maximum atomic E-state index is 11.5. The van der Waals surface area contributed by atoms with Crippen LogP contribution in [-0.2, 0) is 0 Å². The average Bonchev–Trinajstić information content (AvgIpc) is 2.89. The number of rotatable bonds is 6. The number of ether oxygens (including phenoxy) is 1. The summed E-state index contributed by atoms with van der Waals surface area (Å²) in [5.74, 6) is 0.205. The molecule has 23 heavy (non-hydrogen) atoms. The average molecular weight is 357 g/mol. The van der Waals surface area contributed by atoms with Crippen molar-refractivity contribution in [3.63, 3.8) is 0 Å². The lowest BCUT2D eigenvalue weighted by molar-refractivity contribution is 0.100. The zero-order chi connectivity index (χ0) is 17.0. The Balaban J connectivity index is 2.51. The van der Waals surface area contributed by atoms with Crippen molar-refractivity contribution in [2.75, 3.05) is 17.8 Å². The molecular formula is C14H14Cl2N4O3. The van der Waals surface area contributed by atoms with E-state index in [1.807, 2.05) is 0 Å². The van der Waals surface area contributed by atoms with Crippen molar-refractivity contribution in [2.24, 2.45) is 11.5 Å². The Bertz CT molecular complexity index is 746. The van der Waals surface area contributed by atoms with E-state index >= 15 is 0 Å². The molecule has 3 amide bonds. The van der Waals surface area contributed by atoms with Crippen molar-refractivity contribution in [1.82, 2.24) is 4.98 Å². The molecule has 0 spiro atoms. The van der Waals surface area contributed by atoms with Gasteiger partial charge in [-0.05, 0) is 24.3 Å². The molecule has 0 fully saturated rings. The number of carbonyl (C=O) groups excluding carboxylic acids is 2. The third-order valence-electron chi connectivity index (χ3n) is 2.90. The summed E-state index contributed by atoms with van der Waals surface area (Å²) in [4.78, 5) is 25.4. The van der Waals surface area contributed by atoms with Crippen molar-refractivity contribution in [3.8, 4) is 17.0 Å². The summed E-state index contributed by atoms with van der Waals surface area (Å²) >= 11 is 11.6. The van der Waals surface area contributed by atoms with Gasteiger partial charge >= 0.3 is 6.03 Å². The molecule has 0 atom stereocenters. The number of benzene rings is 1. The third-order valence-corrected chi connectivity index (χ3v) is 3.29. The highest BCUT2D eigenvalue weighted by atomic mass is 35.5. The normalized spacial score (nSPS) is 10.3. The van der Waals surface area contributed by atoms with Gasteiger partial charge in [-0.2, -0.15) is 0 Å². The fraction of sp³-hybridized carbons (Fsp3) is 0.143. The number of carbonyl (C=O) groups is 2. The highest BCUT2D eigenvalue weighted by Gasteiger charge is 2.17. The summed E-state index contributed by atoms with van der Waals surface area (Å²) < 4.78 is 5.55. The molecular weight excluding hydrogens is 343 g/mol. The molecule has 122 valence electrons. The zero-order valence-electron chi connectivity index (χ0n) is 11.9. The van der Waals surface area contributed by atoms with E-state index in [1.54, 1.807) is 18.2 Å². The van der Waals surface area contributed by atoms with Gasteiger partial charge in [0.1, 0.15) is 18.2 Å². The minimum Gasteiger partial charge on any atom is -0.492 e. The number of H-pyrrole nitrogens is 1. The maximum absolute atomic E-state index is 11.5. The Labute approximate surface area is 141 Å². The summed E-state index contributed by atoms with van der Waals surface area (Å²) in [7, 11) is 0. The highest BCUT2D eigenvalue weighted by Crippen LogP contribution is 2.34. The molecule has 0 unspecified atom stereocenters. The van der Waals surface area contributed by atoms with Gasteiger partial charge in [-0.3, -0.25) is 10.1 Å². The molecule has 2 aromatic rings. The van der Waals surface area contributed by atoms with E-state index in [0.29, 0.717) is 34.5 Å². The van der Waals surface area contributed by atoms with Crippen LogP contribution in [0.2, 0.25) is 5.02 Å². The van der Waals surface area contributed by atoms with Gasteiger partial charge in [0.25, 0.3) is 5.91 Å². The predicted molar refractivity (Wildman–Crippen MR) is 89.2 cm³/mol. The number of alkyl halides is 1. The molecule has 0 saturated carbocycles. The molecule has 0 saturated heterocycles. The van der Waals surface area contributed by atoms with Gasteiger partial charge in [-0.15, -0.1) is 11.6 Å². The molecule has 1 heterocycles. The summed E-state index contributed by atoms with van der Waals surface area (Å²) in [5, 5.41) is 2.78. The molecule has 1 aromatic carbocycles. The molecule has 6 N–H and O–H groups in total. The van der Waals surface area contributed by atoms with Gasteiger partial charge in [0, 0.05) is 10.6 Å². The minimum atomic E-state index is -0.828. The zero-order valence-corrected chi connectivity index (χ0v) is 13.4. The number of anilines is 1. The van der Waals surface area contributed by atoms with Crippen LogP contribution in [0, 0.1) is 0 Å². The summed E-state index contributed by atoms with van der Waals surface area (Å²) in [6.07, 6.45) is 0. The Hall–Kier alpha value is -2.38. The molecule has 0 aliphatic carbocycles. The highest BCUT2D eigenvalue weighted by molar-refractivity contribution is 6.31. The molecule has 1 aromatic heterocycles. The lowest BCUT2D eigenvalue weighted by Gasteiger charge is -2.10. The van der Waals surface area contributed by atoms with Crippen LogP contribution < -0.4 is 21.5 Å². The van der Waals surface area contributed by atoms with E-state index < -0.39 is 11.9 Å². The monoisotopic (exact) mass is 356 g/mol. The molecule has 0 bridgehead atoms. The molecule has 9 heteroatoms. The molecule has 0 aliphatic heterocycles. The fourth-order valence-corrected chi connectivity index (χ4v) is 2.25. The van der Waals surface area contributed by atoms with E-state index in [0.717, 1.165) is 0 Å². The molecule has 2 rings (SSSR count). The van der Waals surface area contributed by atoms with Crippen molar-refractivity contribution in [1.29, 1.82) is 0 Å². The second kappa shape index (κ2) is 7.26. The first-order valence-electron chi connectivity index (χ1n) is 6.50. The first-order valence-corrected chi connectivity index (χ1v) is 7.41. The van der Waals surface area contributed by atoms with Gasteiger partial charge < -0.3 is 21.2 Å². The van der Waals surface area contributed by atoms with Crippen LogP contribution in [0.1, 0.15) is 10.4 Å². The smallest absolute Gasteiger partial charge is 0.317 e. The number of hydrogen-bond donors (Lipinski definition) is 4. The Kier molecular flexibility index (Phi) is 5.36. The van der Waals surface area contributed by atoms with E-state index in [1.165, 1.54) is 6.07 Å². The minimum absolute atomic E-state index is 0.0852. The van der Waals surface area contributed by atoms with E-state index in [9.17, 15) is 9.59 Å². The van der Waals surface area contributed by atoms with Crippen LogP contribution in [-0.4, -0.2) is 29.4 Å². The second-order valence-electron chi connectivity index (χ2n) is 4.50. The van der Waals surface area contributed by atoms with E-state index in [2.05, 4.69) is 10.3 Å². The number of aromatic amines is 1. The van der Waals surface area contributed by atoms with Crippen LogP contribution in [0.25, 0.3) is 11.3 Å². The van der Waals surface area contributed by atoms with Crippen LogP contribution >= 0.6 is 23.2 Å². The lowest BCUT2D eigenvalue weighted by Crippen LogP contribution is -2.22. The fourth-order valence-electron chi connectivity index (χ4n) is 2.00. The van der Waals surface area contributed by atoms with Gasteiger partial charge in [0.15, 0.2) is 0 Å². The molecule has 0 aliphatic rings. The number of nitrogens with one attached hydrogen (secondary N) is 2. The standard InChI is InChI=1S/C14H14Cl2N4O3/c15-3-4-23-11-2-1-7(16)5-8(11)10-6-9(12(17)21)13(19-10)20-14(18)22/h1-2,5-6,19H,3-4H2,(H2,17,21)(H3,18,20,22). The first kappa shape index (κ1) is 17.0. The number of halogens is 2. The summed E-state index contributed by atoms with van der Waals surface area (Å²) in [6.45, 7) is 0.298. The van der Waals surface area contributed by atoms with Crippen LogP contribution in [0.3, 0.4) is 0 Å². The third kappa shape index (κ3) is 4.08.